The van der Waals surface area contributed by atoms with E-state index in [4.69, 9.17) is 14.2 Å². The molecular formula is C51H60N6O6. The minimum atomic E-state index is -0.193. The number of para-hydroxylation sites is 3. The number of fused-ring (bicyclic) bond motifs is 9. The van der Waals surface area contributed by atoms with Crippen LogP contribution in [0.3, 0.4) is 0 Å². The molecule has 3 N–H and O–H groups in total. The molecule has 12 nitrogen and oxygen atoms in total. The molecule has 0 aliphatic carbocycles. The van der Waals surface area contributed by atoms with Crippen molar-refractivity contribution in [2.75, 3.05) is 21.1 Å². The summed E-state index contributed by atoms with van der Waals surface area (Å²) in [4.78, 5) is 54.1. The fourth-order valence-electron chi connectivity index (χ4n) is 11.7. The highest BCUT2D eigenvalue weighted by Gasteiger charge is 2.42. The Kier molecular flexibility index (Phi) is 11.6. The van der Waals surface area contributed by atoms with Crippen LogP contribution in [0.25, 0.3) is 32.7 Å². The molecule has 12 rings (SSSR count). The number of aromatic nitrogens is 3. The Morgan fingerprint density at radius 3 is 0.905 bits per heavy atom. The van der Waals surface area contributed by atoms with Crippen molar-refractivity contribution in [1.29, 1.82) is 0 Å². The van der Waals surface area contributed by atoms with Gasteiger partial charge in [-0.25, -0.2) is 14.4 Å². The third-order valence-corrected chi connectivity index (χ3v) is 15.4. The van der Waals surface area contributed by atoms with Crippen LogP contribution < -0.4 is 0 Å². The smallest absolute Gasteiger partial charge is 0.340 e. The van der Waals surface area contributed by atoms with Gasteiger partial charge in [0.05, 0.1) is 16.7 Å². The second-order valence-corrected chi connectivity index (χ2v) is 18.9. The van der Waals surface area contributed by atoms with Gasteiger partial charge in [-0.3, -0.25) is 0 Å². The number of rotatable bonds is 6. The first-order chi connectivity index (χ1) is 30.7. The van der Waals surface area contributed by atoms with Crippen LogP contribution in [0, 0.1) is 0 Å². The van der Waals surface area contributed by atoms with E-state index < -0.39 is 0 Å². The van der Waals surface area contributed by atoms with Crippen LogP contribution in [0.15, 0.2) is 91.4 Å². The van der Waals surface area contributed by atoms with Gasteiger partial charge >= 0.3 is 17.9 Å². The number of benzene rings is 3. The number of esters is 3. The number of nitrogens with zero attached hydrogens (tertiary/aromatic N) is 3. The van der Waals surface area contributed by atoms with Gasteiger partial charge < -0.3 is 43.9 Å². The van der Waals surface area contributed by atoms with Crippen molar-refractivity contribution in [1.82, 2.24) is 29.7 Å². The van der Waals surface area contributed by atoms with Gasteiger partial charge in [0.25, 0.3) is 0 Å². The average molecular weight is 853 g/mol. The van der Waals surface area contributed by atoms with Crippen molar-refractivity contribution < 1.29 is 28.6 Å². The first-order valence-electron chi connectivity index (χ1n) is 23.1. The molecule has 6 aliphatic rings. The Hall–Kier alpha value is -5.43. The zero-order chi connectivity index (χ0) is 43.2. The molecule has 3 aromatic heterocycles. The normalized spacial score (nSPS) is 28.9. The molecule has 63 heavy (non-hydrogen) atoms. The molecule has 6 aromatic rings. The molecule has 6 saturated heterocycles. The second-order valence-electron chi connectivity index (χ2n) is 18.9. The van der Waals surface area contributed by atoms with E-state index in [1.165, 1.54) is 38.5 Å². The van der Waals surface area contributed by atoms with E-state index in [0.717, 1.165) is 71.2 Å². The lowest BCUT2D eigenvalue weighted by Crippen LogP contribution is -2.43. The van der Waals surface area contributed by atoms with E-state index in [1.807, 2.05) is 72.8 Å². The minimum Gasteiger partial charge on any atom is -0.459 e. The molecule has 0 spiro atoms. The molecule has 6 fully saturated rings. The van der Waals surface area contributed by atoms with Crippen LogP contribution >= 0.6 is 0 Å². The number of H-pyrrole nitrogens is 3. The Morgan fingerprint density at radius 1 is 0.413 bits per heavy atom. The molecule has 330 valence electrons. The minimum absolute atomic E-state index is 0.0693. The SMILES string of the molecule is CN1[C@@H]2CC[C@H]1CC(OC(=O)c1c[nH]c3ccccc13)C2.CN1[C@@H]2CC[C@H]1CC(OC(=O)c1c[nH]c3ccccc13)C2.CN1[C@@H]2CC[C@H]1CC(OC(=O)c1c[nH]c3ccccc13)C2. The van der Waals surface area contributed by atoms with Crippen LogP contribution in [0.2, 0.25) is 0 Å². The van der Waals surface area contributed by atoms with Gasteiger partial charge in [-0.2, -0.15) is 0 Å². The van der Waals surface area contributed by atoms with Crippen molar-refractivity contribution in [2.45, 2.75) is 132 Å². The summed E-state index contributed by atoms with van der Waals surface area (Å²) in [7, 11) is 6.58. The monoisotopic (exact) mass is 852 g/mol. The summed E-state index contributed by atoms with van der Waals surface area (Å²) in [5.74, 6) is -0.579. The number of carbonyl (C=O) groups excluding carboxylic acids is 3. The summed E-state index contributed by atoms with van der Waals surface area (Å²) in [6.07, 6.45) is 18.8. The van der Waals surface area contributed by atoms with Crippen molar-refractivity contribution in [3.8, 4) is 0 Å². The topological polar surface area (TPSA) is 136 Å². The predicted octanol–water partition coefficient (Wildman–Crippen LogP) is 8.85. The largest absolute Gasteiger partial charge is 0.459 e. The van der Waals surface area contributed by atoms with E-state index in [-0.39, 0.29) is 36.2 Å². The van der Waals surface area contributed by atoms with Crippen molar-refractivity contribution >= 4 is 50.6 Å². The lowest BCUT2D eigenvalue weighted by atomic mass is 10.0. The van der Waals surface area contributed by atoms with E-state index >= 15 is 0 Å². The molecule has 3 unspecified atom stereocenters. The molecule has 9 heterocycles. The Bertz CT molecular complexity index is 2270. The van der Waals surface area contributed by atoms with Gasteiger partial charge in [-0.1, -0.05) is 54.6 Å². The maximum absolute atomic E-state index is 12.4. The fraction of sp³-hybridized carbons (Fsp3) is 0.471. The molecule has 3 aromatic carbocycles. The highest BCUT2D eigenvalue weighted by atomic mass is 16.6. The van der Waals surface area contributed by atoms with Gasteiger partial charge in [0.2, 0.25) is 0 Å². The predicted molar refractivity (Wildman–Crippen MR) is 244 cm³/mol. The lowest BCUT2D eigenvalue weighted by Gasteiger charge is -2.35. The van der Waals surface area contributed by atoms with Crippen molar-refractivity contribution in [3.05, 3.63) is 108 Å². The number of carbonyl (C=O) groups is 3. The van der Waals surface area contributed by atoms with Gasteiger partial charge in [-0.05, 0) is 77.9 Å². The number of hydrogen-bond donors (Lipinski definition) is 3. The van der Waals surface area contributed by atoms with Gasteiger partial charge in [0.15, 0.2) is 0 Å². The summed E-state index contributed by atoms with van der Waals surface area (Å²) in [5, 5.41) is 2.83. The van der Waals surface area contributed by atoms with Crippen LogP contribution in [0.1, 0.15) is 108 Å². The Labute approximate surface area is 368 Å². The molecule has 12 heteroatoms. The second kappa shape index (κ2) is 17.6. The number of ether oxygens (including phenoxy) is 3. The first-order valence-corrected chi connectivity index (χ1v) is 23.1. The zero-order valence-corrected chi connectivity index (χ0v) is 36.6. The zero-order valence-electron chi connectivity index (χ0n) is 36.6. The molecule has 0 saturated carbocycles. The summed E-state index contributed by atoms with van der Waals surface area (Å²) in [6, 6.07) is 27.0. The van der Waals surface area contributed by atoms with Crippen LogP contribution in [-0.4, -0.2) is 123 Å². The maximum Gasteiger partial charge on any atom is 0.340 e. The van der Waals surface area contributed by atoms with E-state index in [9.17, 15) is 14.4 Å². The number of aromatic amines is 3. The first kappa shape index (κ1) is 41.6. The Balaban J connectivity index is 0.000000112. The third kappa shape index (κ3) is 8.41. The Morgan fingerprint density at radius 2 is 0.651 bits per heavy atom. The number of hydrogen-bond acceptors (Lipinski definition) is 9. The van der Waals surface area contributed by atoms with E-state index in [1.54, 1.807) is 18.6 Å². The van der Waals surface area contributed by atoms with Crippen molar-refractivity contribution in [2.24, 2.45) is 0 Å². The maximum atomic E-state index is 12.4. The standard InChI is InChI=1S/3C17H20N2O2/c3*1-19-11-6-7-12(19)9-13(8-11)21-17(20)15-10-18-16-5-3-2-4-14(15)16/h3*2-5,10-13,18H,6-9H2,1H3/t3*11-,12+,13?. The molecule has 9 atom stereocenters. The number of nitrogens with one attached hydrogen (secondary N) is 3. The molecule has 6 aliphatic heterocycles. The highest BCUT2D eigenvalue weighted by Crippen LogP contribution is 2.38. The molecule has 0 radical (unpaired) electrons. The summed E-state index contributed by atoms with van der Waals surface area (Å²) in [6.45, 7) is 0. The number of piperidine rings is 3. The van der Waals surface area contributed by atoms with Gasteiger partial charge in [0.1, 0.15) is 18.3 Å². The van der Waals surface area contributed by atoms with Crippen LogP contribution in [-0.2, 0) is 14.2 Å². The average Bonchev–Trinajstić information content (AvgIpc) is 4.12. The quantitative estimate of drug-likeness (QED) is 0.111. The summed E-state index contributed by atoms with van der Waals surface area (Å²) < 4.78 is 17.4. The van der Waals surface area contributed by atoms with Crippen LogP contribution in [0.5, 0.6) is 0 Å². The van der Waals surface area contributed by atoms with E-state index in [2.05, 4.69) is 50.8 Å². The molecule has 6 bridgehead atoms. The van der Waals surface area contributed by atoms with E-state index in [0.29, 0.717) is 52.9 Å². The third-order valence-electron chi connectivity index (χ3n) is 15.4. The molecular weight excluding hydrogens is 793 g/mol. The fourth-order valence-corrected chi connectivity index (χ4v) is 11.7. The molecule has 0 amide bonds. The van der Waals surface area contributed by atoms with Crippen molar-refractivity contribution in [3.63, 3.8) is 0 Å². The highest BCUT2D eigenvalue weighted by molar-refractivity contribution is 6.05. The summed E-state index contributed by atoms with van der Waals surface area (Å²) >= 11 is 0. The van der Waals surface area contributed by atoms with Gasteiger partial charge in [0, 0.05) is 126 Å². The summed E-state index contributed by atoms with van der Waals surface area (Å²) in [5.41, 5.74) is 4.89. The van der Waals surface area contributed by atoms with Crippen LogP contribution in [0.4, 0.5) is 0 Å². The van der Waals surface area contributed by atoms with Gasteiger partial charge in [-0.15, -0.1) is 0 Å². The lowest BCUT2D eigenvalue weighted by molar-refractivity contribution is -0.00112.